The lowest BCUT2D eigenvalue weighted by Crippen LogP contribution is -2.01. The first-order valence-electron chi connectivity index (χ1n) is 7.95. The van der Waals surface area contributed by atoms with Gasteiger partial charge in [0.1, 0.15) is 12.4 Å². The number of ether oxygens (including phenoxy) is 1. The lowest BCUT2D eigenvalue weighted by molar-refractivity contribution is -0.136. The van der Waals surface area contributed by atoms with Gasteiger partial charge in [-0.05, 0) is 40.8 Å². The first-order valence-corrected chi connectivity index (χ1v) is 7.95. The van der Waals surface area contributed by atoms with E-state index in [-0.39, 0.29) is 6.42 Å². The molecule has 118 valence electrons. The average molecular weight is 308 g/mol. The minimum atomic E-state index is -0.820. The van der Waals surface area contributed by atoms with Crippen LogP contribution in [0.1, 0.15) is 42.0 Å². The molecule has 0 radical (unpaired) electrons. The van der Waals surface area contributed by atoms with Crippen LogP contribution in [0.3, 0.4) is 0 Å². The number of aliphatic carboxylic acids is 1. The molecule has 1 N–H and O–H groups in total. The van der Waals surface area contributed by atoms with Gasteiger partial charge in [-0.15, -0.1) is 0 Å². The molecular formula is C20H20O3. The summed E-state index contributed by atoms with van der Waals surface area (Å²) in [5.41, 5.74) is 5.25. The zero-order valence-corrected chi connectivity index (χ0v) is 13.2. The smallest absolute Gasteiger partial charge is 0.307 e. The molecule has 23 heavy (non-hydrogen) atoms. The third kappa shape index (κ3) is 3.29. The van der Waals surface area contributed by atoms with E-state index in [0.29, 0.717) is 6.61 Å². The zero-order valence-electron chi connectivity index (χ0n) is 13.2. The van der Waals surface area contributed by atoms with E-state index < -0.39 is 5.97 Å². The minimum absolute atomic E-state index is 0.0238. The number of carboxylic acid groups (broad SMARTS) is 1. The number of carboxylic acids is 1. The second-order valence-corrected chi connectivity index (χ2v) is 5.75. The lowest BCUT2D eigenvalue weighted by Gasteiger charge is -2.12. The fourth-order valence-corrected chi connectivity index (χ4v) is 2.92. The normalized spacial score (nSPS) is 14.6. The Bertz CT molecular complexity index is 759. The Labute approximate surface area is 136 Å². The third-order valence-corrected chi connectivity index (χ3v) is 4.02. The summed E-state index contributed by atoms with van der Waals surface area (Å²) in [5.74, 6) is -0.00308. The number of carbonyl (C=O) groups is 1. The molecule has 0 fully saturated rings. The zero-order chi connectivity index (χ0) is 16.2. The van der Waals surface area contributed by atoms with Crippen molar-refractivity contribution in [3.05, 3.63) is 70.8 Å². The number of hydrogen-bond acceptors (Lipinski definition) is 2. The third-order valence-electron chi connectivity index (χ3n) is 4.02. The molecule has 1 aliphatic rings. The molecule has 0 saturated heterocycles. The van der Waals surface area contributed by atoms with Gasteiger partial charge >= 0.3 is 5.97 Å². The first kappa shape index (κ1) is 15.3. The molecule has 3 rings (SSSR count). The monoisotopic (exact) mass is 308 g/mol. The number of unbranched alkanes of at least 4 members (excludes halogenated alkanes) is 1. The molecule has 3 nitrogen and oxygen atoms in total. The Morgan fingerprint density at radius 2 is 2.04 bits per heavy atom. The van der Waals surface area contributed by atoms with Gasteiger partial charge < -0.3 is 9.84 Å². The summed E-state index contributed by atoms with van der Waals surface area (Å²) in [6, 6.07) is 13.9. The molecule has 0 aliphatic carbocycles. The van der Waals surface area contributed by atoms with Crippen LogP contribution in [0.15, 0.2) is 48.5 Å². The topological polar surface area (TPSA) is 46.5 Å². The van der Waals surface area contributed by atoms with Crippen molar-refractivity contribution in [3.63, 3.8) is 0 Å². The van der Waals surface area contributed by atoms with Crippen LogP contribution >= 0.6 is 0 Å². The van der Waals surface area contributed by atoms with Crippen molar-refractivity contribution in [1.82, 2.24) is 0 Å². The maximum absolute atomic E-state index is 11.0. The Morgan fingerprint density at radius 1 is 1.22 bits per heavy atom. The van der Waals surface area contributed by atoms with Crippen LogP contribution in [0.5, 0.6) is 5.75 Å². The van der Waals surface area contributed by atoms with Gasteiger partial charge in [-0.2, -0.15) is 0 Å². The standard InChI is InChI=1S/C20H20O3/c1-2-3-7-17-16-8-5-4-6-15(16)13-23-19-10-9-14(11-18(17)19)12-20(21)22/h4-11H,2-3,12-13H2,1H3,(H,21,22)/b17-7+. The van der Waals surface area contributed by atoms with Crippen molar-refractivity contribution in [2.45, 2.75) is 32.8 Å². The Balaban J connectivity index is 2.14. The van der Waals surface area contributed by atoms with Crippen LogP contribution in [0.25, 0.3) is 5.57 Å². The highest BCUT2D eigenvalue weighted by Gasteiger charge is 2.19. The van der Waals surface area contributed by atoms with Crippen LogP contribution in [-0.2, 0) is 17.8 Å². The number of fused-ring (bicyclic) bond motifs is 2. The van der Waals surface area contributed by atoms with Gasteiger partial charge in [0, 0.05) is 5.56 Å². The van der Waals surface area contributed by atoms with Crippen LogP contribution in [0.4, 0.5) is 0 Å². The highest BCUT2D eigenvalue weighted by Crippen LogP contribution is 2.37. The van der Waals surface area contributed by atoms with Crippen molar-refractivity contribution in [3.8, 4) is 5.75 Å². The van der Waals surface area contributed by atoms with E-state index in [2.05, 4.69) is 25.1 Å². The molecule has 1 heterocycles. The lowest BCUT2D eigenvalue weighted by atomic mass is 9.92. The predicted molar refractivity (Wildman–Crippen MR) is 90.5 cm³/mol. The summed E-state index contributed by atoms with van der Waals surface area (Å²) in [6.45, 7) is 2.68. The van der Waals surface area contributed by atoms with Crippen molar-refractivity contribution in [1.29, 1.82) is 0 Å². The van der Waals surface area contributed by atoms with E-state index in [1.165, 1.54) is 5.56 Å². The van der Waals surface area contributed by atoms with Gasteiger partial charge in [0.05, 0.1) is 6.42 Å². The molecule has 0 amide bonds. The summed E-state index contributed by atoms with van der Waals surface area (Å²) < 4.78 is 5.96. The van der Waals surface area contributed by atoms with E-state index in [0.717, 1.165) is 40.9 Å². The molecule has 0 bridgehead atoms. The molecule has 1 aliphatic heterocycles. The molecule has 0 saturated carbocycles. The van der Waals surface area contributed by atoms with Gasteiger partial charge in [-0.25, -0.2) is 0 Å². The maximum Gasteiger partial charge on any atom is 0.307 e. The number of hydrogen-bond donors (Lipinski definition) is 1. The number of allylic oxidation sites excluding steroid dienone is 1. The minimum Gasteiger partial charge on any atom is -0.488 e. The fraction of sp³-hybridized carbons (Fsp3) is 0.250. The van der Waals surface area contributed by atoms with E-state index in [1.54, 1.807) is 0 Å². The van der Waals surface area contributed by atoms with E-state index in [1.807, 2.05) is 30.3 Å². The summed E-state index contributed by atoms with van der Waals surface area (Å²) in [6.07, 6.45) is 4.30. The summed E-state index contributed by atoms with van der Waals surface area (Å²) in [4.78, 5) is 11.0. The second kappa shape index (κ2) is 6.69. The van der Waals surface area contributed by atoms with Crippen molar-refractivity contribution < 1.29 is 14.6 Å². The molecule has 2 aromatic rings. The summed E-state index contributed by atoms with van der Waals surface area (Å²) in [7, 11) is 0. The van der Waals surface area contributed by atoms with E-state index >= 15 is 0 Å². The van der Waals surface area contributed by atoms with Crippen LogP contribution in [-0.4, -0.2) is 11.1 Å². The Hall–Kier alpha value is -2.55. The highest BCUT2D eigenvalue weighted by molar-refractivity contribution is 5.85. The maximum atomic E-state index is 11.0. The molecule has 2 aromatic carbocycles. The van der Waals surface area contributed by atoms with Crippen LogP contribution < -0.4 is 4.74 Å². The SMILES string of the molecule is CCC/C=C1\c2ccccc2COc2ccc(CC(=O)O)cc21. The van der Waals surface area contributed by atoms with E-state index in [4.69, 9.17) is 9.84 Å². The van der Waals surface area contributed by atoms with Crippen LogP contribution in [0, 0.1) is 0 Å². The molecular weight excluding hydrogens is 288 g/mol. The van der Waals surface area contributed by atoms with Crippen molar-refractivity contribution in [2.24, 2.45) is 0 Å². The van der Waals surface area contributed by atoms with Gasteiger partial charge in [0.2, 0.25) is 0 Å². The molecule has 3 heteroatoms. The largest absolute Gasteiger partial charge is 0.488 e. The van der Waals surface area contributed by atoms with Gasteiger partial charge in [-0.3, -0.25) is 4.79 Å². The van der Waals surface area contributed by atoms with E-state index in [9.17, 15) is 4.79 Å². The molecule has 0 unspecified atom stereocenters. The average Bonchev–Trinajstić information content (AvgIpc) is 2.69. The number of rotatable bonds is 4. The van der Waals surface area contributed by atoms with Crippen molar-refractivity contribution in [2.75, 3.05) is 0 Å². The Kier molecular flexibility index (Phi) is 4.47. The van der Waals surface area contributed by atoms with Crippen molar-refractivity contribution >= 4 is 11.5 Å². The fourth-order valence-electron chi connectivity index (χ4n) is 2.92. The molecule has 0 spiro atoms. The Morgan fingerprint density at radius 3 is 2.83 bits per heavy atom. The molecule has 0 aromatic heterocycles. The van der Waals surface area contributed by atoms with Gasteiger partial charge in [0.25, 0.3) is 0 Å². The second-order valence-electron chi connectivity index (χ2n) is 5.75. The quantitative estimate of drug-likeness (QED) is 0.908. The van der Waals surface area contributed by atoms with Crippen LogP contribution in [0.2, 0.25) is 0 Å². The van der Waals surface area contributed by atoms with Gasteiger partial charge in [0.15, 0.2) is 0 Å². The predicted octanol–water partition coefficient (Wildman–Crippen LogP) is 4.44. The number of benzene rings is 2. The molecule has 0 atom stereocenters. The summed E-state index contributed by atoms with van der Waals surface area (Å²) in [5, 5.41) is 9.05. The first-order chi connectivity index (χ1) is 11.2. The van der Waals surface area contributed by atoms with Gasteiger partial charge in [-0.1, -0.05) is 49.8 Å². The summed E-state index contributed by atoms with van der Waals surface area (Å²) >= 11 is 0. The highest BCUT2D eigenvalue weighted by atomic mass is 16.5.